The van der Waals surface area contributed by atoms with E-state index < -0.39 is 11.2 Å². The van der Waals surface area contributed by atoms with Gasteiger partial charge >= 0.3 is 5.97 Å². The molecule has 1 N–H and O–H groups in total. The lowest BCUT2D eigenvalue weighted by atomic mass is 10.1. The fourth-order valence-corrected chi connectivity index (χ4v) is 4.17. The van der Waals surface area contributed by atoms with E-state index in [4.69, 9.17) is 4.74 Å². The molecule has 30 heavy (non-hydrogen) atoms. The van der Waals surface area contributed by atoms with Crippen molar-refractivity contribution in [2.24, 2.45) is 0 Å². The first-order valence-corrected chi connectivity index (χ1v) is 10.4. The number of carbonyl (C=O) groups excluding carboxylic acids is 4. The number of H-pyrrole nitrogens is 1. The Bertz CT molecular complexity index is 1120. The summed E-state index contributed by atoms with van der Waals surface area (Å²) in [6, 6.07) is 15.8. The second-order valence-electron chi connectivity index (χ2n) is 6.77. The molecule has 3 aromatic rings. The third kappa shape index (κ3) is 4.13. The van der Waals surface area contributed by atoms with Gasteiger partial charge in [0.2, 0.25) is 11.8 Å². The monoisotopic (exact) mass is 422 g/mol. The van der Waals surface area contributed by atoms with Crippen molar-refractivity contribution in [3.05, 3.63) is 66.4 Å². The Morgan fingerprint density at radius 1 is 1.10 bits per heavy atom. The number of aromatic amines is 1. The molecule has 1 atom stereocenters. The number of nitrogens with one attached hydrogen (secondary N) is 1. The Balaban J connectivity index is 1.32. The lowest BCUT2D eigenvalue weighted by Gasteiger charge is -2.15. The molecule has 1 fully saturated rings. The number of esters is 1. The maximum Gasteiger partial charge on any atom is 0.316 e. The van der Waals surface area contributed by atoms with Gasteiger partial charge in [-0.3, -0.25) is 19.2 Å². The van der Waals surface area contributed by atoms with Gasteiger partial charge < -0.3 is 9.72 Å². The molecule has 1 saturated heterocycles. The van der Waals surface area contributed by atoms with E-state index in [1.807, 2.05) is 12.1 Å². The van der Waals surface area contributed by atoms with Gasteiger partial charge in [0.1, 0.15) is 0 Å². The predicted octanol–water partition coefficient (Wildman–Crippen LogP) is 2.96. The zero-order chi connectivity index (χ0) is 21.1. The van der Waals surface area contributed by atoms with Crippen LogP contribution in [0.15, 0.2) is 60.8 Å². The van der Waals surface area contributed by atoms with Crippen LogP contribution in [0.1, 0.15) is 16.8 Å². The lowest BCUT2D eigenvalue weighted by molar-refractivity contribution is -0.139. The van der Waals surface area contributed by atoms with E-state index in [9.17, 15) is 19.2 Å². The Labute approximate surface area is 176 Å². The highest BCUT2D eigenvalue weighted by Gasteiger charge is 2.40. The van der Waals surface area contributed by atoms with Gasteiger partial charge in [-0.2, -0.15) is 0 Å². The van der Waals surface area contributed by atoms with Crippen LogP contribution in [-0.4, -0.2) is 46.2 Å². The van der Waals surface area contributed by atoms with Crippen molar-refractivity contribution in [1.82, 2.24) is 4.98 Å². The minimum atomic E-state index is -0.658. The Morgan fingerprint density at radius 2 is 1.90 bits per heavy atom. The summed E-state index contributed by atoms with van der Waals surface area (Å²) in [5.74, 6) is -1.68. The minimum Gasteiger partial charge on any atom is -0.457 e. The van der Waals surface area contributed by atoms with E-state index in [0.29, 0.717) is 11.3 Å². The molecule has 1 unspecified atom stereocenters. The molecular formula is C22H18N2O5S. The normalized spacial score (nSPS) is 16.3. The number of carbonyl (C=O) groups is 4. The first-order chi connectivity index (χ1) is 14.5. The SMILES string of the molecule is O=C(CSC1CC(=O)N(c2ccc3cc[nH]c3c2)C1=O)OCC(=O)c1ccccc1. The van der Waals surface area contributed by atoms with Crippen LogP contribution >= 0.6 is 11.8 Å². The molecule has 8 heteroatoms. The van der Waals surface area contributed by atoms with Gasteiger partial charge in [0.05, 0.1) is 16.7 Å². The van der Waals surface area contributed by atoms with Crippen LogP contribution in [-0.2, 0) is 19.1 Å². The number of imide groups is 1. The van der Waals surface area contributed by atoms with Gasteiger partial charge in [0.25, 0.3) is 0 Å². The fraction of sp³-hybridized carbons (Fsp3) is 0.182. The van der Waals surface area contributed by atoms with Crippen LogP contribution in [0.3, 0.4) is 0 Å². The van der Waals surface area contributed by atoms with Crippen LogP contribution in [0.5, 0.6) is 0 Å². The minimum absolute atomic E-state index is 0.0164. The topological polar surface area (TPSA) is 96.5 Å². The van der Waals surface area contributed by atoms with Gasteiger partial charge in [0, 0.05) is 23.7 Å². The first-order valence-electron chi connectivity index (χ1n) is 9.32. The zero-order valence-corrected chi connectivity index (χ0v) is 16.7. The summed E-state index contributed by atoms with van der Waals surface area (Å²) in [6.07, 6.45) is 1.80. The second-order valence-corrected chi connectivity index (χ2v) is 7.96. The van der Waals surface area contributed by atoms with E-state index in [0.717, 1.165) is 27.6 Å². The summed E-state index contributed by atoms with van der Waals surface area (Å²) in [5.41, 5.74) is 1.79. The maximum atomic E-state index is 12.7. The molecule has 152 valence electrons. The molecule has 2 amide bonds. The molecule has 2 aromatic carbocycles. The van der Waals surface area contributed by atoms with E-state index >= 15 is 0 Å². The summed E-state index contributed by atoms with van der Waals surface area (Å²) < 4.78 is 5.01. The number of hydrogen-bond acceptors (Lipinski definition) is 6. The van der Waals surface area contributed by atoms with Crippen molar-refractivity contribution >= 4 is 51.9 Å². The standard InChI is InChI=1S/C22H18N2O5S/c25-18(15-4-2-1-3-5-15)12-29-21(27)13-30-19-11-20(26)24(22(19)28)16-7-6-14-8-9-23-17(14)10-16/h1-10,19,23H,11-13H2. The molecule has 0 spiro atoms. The number of benzene rings is 2. The van der Waals surface area contributed by atoms with E-state index in [-0.39, 0.29) is 36.4 Å². The van der Waals surface area contributed by atoms with E-state index in [1.165, 1.54) is 0 Å². The summed E-state index contributed by atoms with van der Waals surface area (Å²) in [7, 11) is 0. The average molecular weight is 422 g/mol. The number of amides is 2. The lowest BCUT2D eigenvalue weighted by Crippen LogP contribution is -2.31. The van der Waals surface area contributed by atoms with Crippen molar-refractivity contribution in [2.45, 2.75) is 11.7 Å². The molecule has 4 rings (SSSR count). The first kappa shape index (κ1) is 19.9. The zero-order valence-electron chi connectivity index (χ0n) is 15.9. The molecule has 1 aliphatic heterocycles. The molecule has 0 radical (unpaired) electrons. The number of nitrogens with zero attached hydrogens (tertiary/aromatic N) is 1. The smallest absolute Gasteiger partial charge is 0.316 e. The Kier molecular flexibility index (Phi) is 5.67. The number of hydrogen-bond donors (Lipinski definition) is 1. The van der Waals surface area contributed by atoms with Gasteiger partial charge in [-0.1, -0.05) is 36.4 Å². The summed E-state index contributed by atoms with van der Waals surface area (Å²) in [5, 5.41) is 0.325. The molecule has 1 aromatic heterocycles. The molecule has 0 saturated carbocycles. The summed E-state index contributed by atoms with van der Waals surface area (Å²) >= 11 is 1.05. The number of Topliss-reactive ketones (excluding diaryl/α,β-unsaturated/α-hetero) is 1. The van der Waals surface area contributed by atoms with Gasteiger partial charge in [0.15, 0.2) is 12.4 Å². The average Bonchev–Trinajstić information content (AvgIpc) is 3.34. The number of fused-ring (bicyclic) bond motifs is 1. The van der Waals surface area contributed by atoms with Gasteiger partial charge in [-0.05, 0) is 23.6 Å². The molecule has 0 aliphatic carbocycles. The van der Waals surface area contributed by atoms with Crippen LogP contribution < -0.4 is 4.90 Å². The maximum absolute atomic E-state index is 12.7. The quantitative estimate of drug-likeness (QED) is 0.357. The number of ether oxygens (including phenoxy) is 1. The van der Waals surface area contributed by atoms with E-state index in [1.54, 1.807) is 48.7 Å². The number of rotatable bonds is 7. The van der Waals surface area contributed by atoms with Crippen molar-refractivity contribution in [1.29, 1.82) is 0 Å². The van der Waals surface area contributed by atoms with Crippen molar-refractivity contribution in [3.63, 3.8) is 0 Å². The molecule has 1 aliphatic rings. The van der Waals surface area contributed by atoms with E-state index in [2.05, 4.69) is 4.98 Å². The number of aromatic nitrogens is 1. The van der Waals surface area contributed by atoms with Gasteiger partial charge in [-0.25, -0.2) is 4.90 Å². The van der Waals surface area contributed by atoms with Crippen LogP contribution in [0.2, 0.25) is 0 Å². The van der Waals surface area contributed by atoms with Crippen molar-refractivity contribution < 1.29 is 23.9 Å². The third-order valence-electron chi connectivity index (χ3n) is 4.76. The van der Waals surface area contributed by atoms with Crippen LogP contribution in [0.4, 0.5) is 5.69 Å². The van der Waals surface area contributed by atoms with Gasteiger partial charge in [-0.15, -0.1) is 11.8 Å². The number of ketones is 1. The van der Waals surface area contributed by atoms with Crippen molar-refractivity contribution in [2.75, 3.05) is 17.3 Å². The highest BCUT2D eigenvalue weighted by Crippen LogP contribution is 2.31. The summed E-state index contributed by atoms with van der Waals surface area (Å²) in [4.78, 5) is 53.3. The van der Waals surface area contributed by atoms with Crippen LogP contribution in [0, 0.1) is 0 Å². The Hall–Kier alpha value is -3.39. The summed E-state index contributed by atoms with van der Waals surface area (Å²) in [6.45, 7) is -0.358. The Morgan fingerprint density at radius 3 is 2.70 bits per heavy atom. The third-order valence-corrected chi connectivity index (χ3v) is 5.94. The predicted molar refractivity (Wildman–Crippen MR) is 113 cm³/mol. The number of thioether (sulfide) groups is 1. The molecule has 7 nitrogen and oxygen atoms in total. The second kappa shape index (κ2) is 8.54. The molecule has 2 heterocycles. The highest BCUT2D eigenvalue weighted by molar-refractivity contribution is 8.01. The largest absolute Gasteiger partial charge is 0.457 e. The fourth-order valence-electron chi connectivity index (χ4n) is 3.24. The molecule has 0 bridgehead atoms. The number of anilines is 1. The van der Waals surface area contributed by atoms with Crippen molar-refractivity contribution in [3.8, 4) is 0 Å². The molecular weight excluding hydrogens is 404 g/mol. The highest BCUT2D eigenvalue weighted by atomic mass is 32.2. The van der Waals surface area contributed by atoms with Crippen LogP contribution in [0.25, 0.3) is 10.9 Å².